The van der Waals surface area contributed by atoms with Gasteiger partial charge >= 0.3 is 6.18 Å². The third-order valence-corrected chi connectivity index (χ3v) is 7.13. The summed E-state index contributed by atoms with van der Waals surface area (Å²) in [5, 5.41) is 0.791. The molecular formula is C25H25Cl2F3N4. The number of nitrogens with zero attached hydrogens (tertiary/aromatic N) is 4. The van der Waals surface area contributed by atoms with Crippen LogP contribution < -0.4 is 0 Å². The Balaban J connectivity index is 1.74. The smallest absolute Gasteiger partial charge is 0.297 e. The first-order valence-corrected chi connectivity index (χ1v) is 12.3. The lowest BCUT2D eigenvalue weighted by molar-refractivity contribution is -0.141. The molecule has 34 heavy (non-hydrogen) atoms. The highest BCUT2D eigenvalue weighted by Crippen LogP contribution is 2.38. The van der Waals surface area contributed by atoms with Crippen LogP contribution in [-0.4, -0.2) is 31.9 Å². The summed E-state index contributed by atoms with van der Waals surface area (Å²) in [6.45, 7) is 3.78. The number of para-hydroxylation sites is 2. The maximum absolute atomic E-state index is 14.3. The van der Waals surface area contributed by atoms with E-state index in [-0.39, 0.29) is 18.0 Å². The van der Waals surface area contributed by atoms with E-state index < -0.39 is 11.9 Å². The van der Waals surface area contributed by atoms with Gasteiger partial charge in [-0.3, -0.25) is 13.9 Å². The zero-order valence-electron chi connectivity index (χ0n) is 18.7. The fourth-order valence-corrected chi connectivity index (χ4v) is 5.36. The summed E-state index contributed by atoms with van der Waals surface area (Å²) in [6, 6.07) is 12.3. The molecule has 4 nitrogen and oxygen atoms in total. The average molecular weight is 509 g/mol. The van der Waals surface area contributed by atoms with Gasteiger partial charge in [0.1, 0.15) is 0 Å². The van der Waals surface area contributed by atoms with E-state index >= 15 is 0 Å². The van der Waals surface area contributed by atoms with Crippen LogP contribution in [0.1, 0.15) is 44.0 Å². The predicted octanol–water partition coefficient (Wildman–Crippen LogP) is 7.62. The topological polar surface area (TPSA) is 25.5 Å². The standard InChI is InChI=1S/C25H25Cl2F3N4/c1-2-12-32(14-16-6-5-7-16)15-22-23(25(28,29)30)31-24-33(19-11-10-17(26)13-18(19)27)20-8-3-4-9-21(20)34(22)24/h3-4,8-11,13,16H,2,5-7,12,14-15H2,1H3. The fourth-order valence-electron chi connectivity index (χ4n) is 4.87. The van der Waals surface area contributed by atoms with Gasteiger partial charge in [-0.15, -0.1) is 0 Å². The number of rotatable bonds is 7. The molecule has 0 unspecified atom stereocenters. The van der Waals surface area contributed by atoms with Crippen molar-refractivity contribution in [3.8, 4) is 5.69 Å². The quantitative estimate of drug-likeness (QED) is 0.256. The molecule has 0 radical (unpaired) electrons. The lowest BCUT2D eigenvalue weighted by atomic mass is 9.85. The first kappa shape index (κ1) is 23.5. The van der Waals surface area contributed by atoms with Crippen molar-refractivity contribution < 1.29 is 13.2 Å². The average Bonchev–Trinajstić information content (AvgIpc) is 3.26. The largest absolute Gasteiger partial charge is 0.435 e. The molecular weight excluding hydrogens is 484 g/mol. The van der Waals surface area contributed by atoms with Gasteiger partial charge < -0.3 is 0 Å². The summed E-state index contributed by atoms with van der Waals surface area (Å²) in [5.41, 5.74) is 1.23. The van der Waals surface area contributed by atoms with Crippen LogP contribution in [0.3, 0.4) is 0 Å². The zero-order chi connectivity index (χ0) is 24.0. The zero-order valence-corrected chi connectivity index (χ0v) is 20.3. The first-order chi connectivity index (χ1) is 16.3. The Labute approximate surface area is 205 Å². The number of benzene rings is 2. The van der Waals surface area contributed by atoms with Crippen molar-refractivity contribution in [2.75, 3.05) is 13.1 Å². The van der Waals surface area contributed by atoms with Crippen LogP contribution in [0.4, 0.5) is 13.2 Å². The summed E-state index contributed by atoms with van der Waals surface area (Å²) in [4.78, 5) is 6.31. The van der Waals surface area contributed by atoms with E-state index in [0.29, 0.717) is 27.2 Å². The predicted molar refractivity (Wildman–Crippen MR) is 130 cm³/mol. The molecule has 0 amide bonds. The summed E-state index contributed by atoms with van der Waals surface area (Å²) in [5.74, 6) is 0.742. The number of alkyl halides is 3. The number of halogens is 5. The van der Waals surface area contributed by atoms with Crippen LogP contribution in [-0.2, 0) is 12.7 Å². The Morgan fingerprint density at radius 3 is 2.44 bits per heavy atom. The molecule has 0 N–H and O–H groups in total. The minimum atomic E-state index is -4.58. The van der Waals surface area contributed by atoms with E-state index in [2.05, 4.69) is 16.8 Å². The maximum Gasteiger partial charge on any atom is 0.435 e. The Kier molecular flexibility index (Phi) is 6.29. The second-order valence-electron chi connectivity index (χ2n) is 8.99. The van der Waals surface area contributed by atoms with Crippen LogP contribution in [0.15, 0.2) is 42.5 Å². The normalized spacial score (nSPS) is 15.0. The van der Waals surface area contributed by atoms with Crippen molar-refractivity contribution in [2.24, 2.45) is 5.92 Å². The molecule has 2 aromatic heterocycles. The van der Waals surface area contributed by atoms with Crippen molar-refractivity contribution in [2.45, 2.75) is 45.3 Å². The van der Waals surface area contributed by atoms with E-state index in [0.717, 1.165) is 37.9 Å². The Bertz CT molecular complexity index is 1340. The molecule has 0 spiro atoms. The van der Waals surface area contributed by atoms with Gasteiger partial charge in [0, 0.05) is 18.1 Å². The SMILES string of the molecule is CCCN(Cc1c(C(F)(F)F)nc2n(-c3ccc(Cl)cc3Cl)c3ccccc3n12)CC1CCC1. The molecule has 0 aliphatic heterocycles. The van der Waals surface area contributed by atoms with E-state index in [1.165, 1.54) is 6.42 Å². The highest BCUT2D eigenvalue weighted by Gasteiger charge is 2.40. The van der Waals surface area contributed by atoms with Crippen LogP contribution in [0.5, 0.6) is 0 Å². The van der Waals surface area contributed by atoms with E-state index in [1.807, 2.05) is 24.3 Å². The number of hydrogen-bond acceptors (Lipinski definition) is 2. The molecule has 180 valence electrons. The molecule has 0 atom stereocenters. The van der Waals surface area contributed by atoms with Crippen molar-refractivity contribution >= 4 is 40.0 Å². The van der Waals surface area contributed by atoms with Gasteiger partial charge in [0.2, 0.25) is 5.78 Å². The van der Waals surface area contributed by atoms with Gasteiger partial charge in [0.25, 0.3) is 0 Å². The van der Waals surface area contributed by atoms with E-state index in [9.17, 15) is 13.2 Å². The lowest BCUT2D eigenvalue weighted by Crippen LogP contribution is -2.33. The molecule has 1 saturated carbocycles. The minimum absolute atomic E-state index is 0.162. The molecule has 4 aromatic rings. The molecule has 1 aliphatic rings. The fraction of sp³-hybridized carbons (Fsp3) is 0.400. The van der Waals surface area contributed by atoms with Gasteiger partial charge in [0.05, 0.1) is 27.4 Å². The molecule has 2 aromatic carbocycles. The first-order valence-electron chi connectivity index (χ1n) is 11.5. The number of fused-ring (bicyclic) bond motifs is 3. The van der Waals surface area contributed by atoms with Crippen molar-refractivity contribution in [3.05, 3.63) is 63.9 Å². The van der Waals surface area contributed by atoms with Crippen molar-refractivity contribution in [1.82, 2.24) is 18.9 Å². The summed E-state index contributed by atoms with van der Waals surface area (Å²) >= 11 is 12.6. The highest BCUT2D eigenvalue weighted by molar-refractivity contribution is 6.35. The Morgan fingerprint density at radius 1 is 1.09 bits per heavy atom. The number of imidazole rings is 2. The van der Waals surface area contributed by atoms with Gasteiger partial charge in [-0.05, 0) is 62.1 Å². The van der Waals surface area contributed by atoms with Gasteiger partial charge in [0.15, 0.2) is 5.69 Å². The van der Waals surface area contributed by atoms with Gasteiger partial charge in [-0.1, -0.05) is 48.7 Å². The molecule has 9 heteroatoms. The van der Waals surface area contributed by atoms with E-state index in [1.54, 1.807) is 27.2 Å². The molecule has 2 heterocycles. The van der Waals surface area contributed by atoms with Crippen LogP contribution in [0.2, 0.25) is 10.0 Å². The molecule has 1 aliphatic carbocycles. The third kappa shape index (κ3) is 4.18. The lowest BCUT2D eigenvalue weighted by Gasteiger charge is -2.32. The van der Waals surface area contributed by atoms with Crippen LogP contribution >= 0.6 is 23.2 Å². The summed E-state index contributed by atoms with van der Waals surface area (Å²) < 4.78 is 46.1. The van der Waals surface area contributed by atoms with Crippen molar-refractivity contribution in [1.29, 1.82) is 0 Å². The molecule has 0 saturated heterocycles. The van der Waals surface area contributed by atoms with Crippen LogP contribution in [0.25, 0.3) is 22.5 Å². The minimum Gasteiger partial charge on any atom is -0.297 e. The Morgan fingerprint density at radius 2 is 1.82 bits per heavy atom. The Hall–Kier alpha value is -2.22. The maximum atomic E-state index is 14.3. The van der Waals surface area contributed by atoms with Gasteiger partial charge in [-0.25, -0.2) is 4.98 Å². The molecule has 5 rings (SSSR count). The second-order valence-corrected chi connectivity index (χ2v) is 9.84. The monoisotopic (exact) mass is 508 g/mol. The molecule has 0 bridgehead atoms. The number of aromatic nitrogens is 3. The van der Waals surface area contributed by atoms with Crippen molar-refractivity contribution in [3.63, 3.8) is 0 Å². The third-order valence-electron chi connectivity index (χ3n) is 6.59. The molecule has 1 fully saturated rings. The van der Waals surface area contributed by atoms with Crippen LogP contribution in [0, 0.1) is 5.92 Å². The second kappa shape index (κ2) is 9.10. The van der Waals surface area contributed by atoms with E-state index in [4.69, 9.17) is 23.2 Å². The van der Waals surface area contributed by atoms with Gasteiger partial charge in [-0.2, -0.15) is 13.2 Å². The number of hydrogen-bond donors (Lipinski definition) is 0. The summed E-state index contributed by atoms with van der Waals surface area (Å²) in [6.07, 6.45) is -0.223. The highest BCUT2D eigenvalue weighted by atomic mass is 35.5. The summed E-state index contributed by atoms with van der Waals surface area (Å²) in [7, 11) is 0.